The number of hydrogen-bond donors (Lipinski definition) is 2. The van der Waals surface area contributed by atoms with Gasteiger partial charge in [0.1, 0.15) is 6.04 Å². The van der Waals surface area contributed by atoms with E-state index in [0.29, 0.717) is 6.67 Å². The monoisotopic (exact) mass is 162 g/mol. The maximum absolute atomic E-state index is 11.2. The third-order valence-electron chi connectivity index (χ3n) is 1.96. The lowest BCUT2D eigenvalue weighted by atomic mass is 10.1. The molecule has 2 N–H and O–H groups in total. The van der Waals surface area contributed by atoms with Crippen LogP contribution in [0.5, 0.6) is 0 Å². The minimum atomic E-state index is -0.161. The van der Waals surface area contributed by atoms with Crippen molar-refractivity contribution in [2.75, 3.05) is 6.67 Å². The van der Waals surface area contributed by atoms with Crippen LogP contribution in [0.2, 0.25) is 0 Å². The molecule has 1 aliphatic heterocycles. The van der Waals surface area contributed by atoms with Crippen LogP contribution in [0.25, 0.3) is 0 Å². The summed E-state index contributed by atoms with van der Waals surface area (Å²) in [6.07, 6.45) is 0. The highest BCUT2D eigenvalue weighted by Gasteiger charge is 2.24. The minimum absolute atomic E-state index is 0.0567. The Labute approximate surface area is 70.8 Å². The Morgan fingerprint density at radius 2 is 2.00 bits per heavy atom. The van der Waals surface area contributed by atoms with Gasteiger partial charge < -0.3 is 5.32 Å². The van der Waals surface area contributed by atoms with Gasteiger partial charge in [0.25, 0.3) is 0 Å². The number of hydrogen-bond acceptors (Lipinski definition) is 2. The molecular formula is C9H10N2O. The van der Waals surface area contributed by atoms with Crippen LogP contribution in [-0.4, -0.2) is 12.6 Å². The van der Waals surface area contributed by atoms with E-state index in [-0.39, 0.29) is 11.9 Å². The summed E-state index contributed by atoms with van der Waals surface area (Å²) >= 11 is 0. The van der Waals surface area contributed by atoms with E-state index in [4.69, 9.17) is 0 Å². The van der Waals surface area contributed by atoms with E-state index < -0.39 is 0 Å². The fourth-order valence-corrected chi connectivity index (χ4v) is 1.35. The van der Waals surface area contributed by atoms with Crippen molar-refractivity contribution in [1.82, 2.24) is 10.6 Å². The molecule has 1 unspecified atom stereocenters. The van der Waals surface area contributed by atoms with Crippen molar-refractivity contribution in [3.63, 3.8) is 0 Å². The van der Waals surface area contributed by atoms with Gasteiger partial charge in [0.05, 0.1) is 6.67 Å². The lowest BCUT2D eigenvalue weighted by Gasteiger charge is -2.05. The molecule has 0 spiro atoms. The van der Waals surface area contributed by atoms with Crippen molar-refractivity contribution in [3.05, 3.63) is 35.9 Å². The van der Waals surface area contributed by atoms with Crippen LogP contribution in [0, 0.1) is 0 Å². The van der Waals surface area contributed by atoms with Gasteiger partial charge in [0, 0.05) is 0 Å². The van der Waals surface area contributed by atoms with E-state index in [1.165, 1.54) is 0 Å². The first-order valence-electron chi connectivity index (χ1n) is 3.94. The molecule has 0 aliphatic carbocycles. The van der Waals surface area contributed by atoms with Crippen LogP contribution in [0.15, 0.2) is 30.3 Å². The fraction of sp³-hybridized carbons (Fsp3) is 0.222. The van der Waals surface area contributed by atoms with Crippen molar-refractivity contribution in [3.8, 4) is 0 Å². The summed E-state index contributed by atoms with van der Waals surface area (Å²) in [5.41, 5.74) is 1.02. The van der Waals surface area contributed by atoms with Gasteiger partial charge in [0.2, 0.25) is 5.91 Å². The van der Waals surface area contributed by atoms with Gasteiger partial charge in [-0.3, -0.25) is 10.1 Å². The van der Waals surface area contributed by atoms with Crippen LogP contribution in [-0.2, 0) is 4.79 Å². The molecule has 0 radical (unpaired) electrons. The molecule has 1 aromatic carbocycles. The summed E-state index contributed by atoms with van der Waals surface area (Å²) in [6.45, 7) is 0.568. The highest BCUT2D eigenvalue weighted by Crippen LogP contribution is 2.14. The molecular weight excluding hydrogens is 152 g/mol. The van der Waals surface area contributed by atoms with Crippen LogP contribution >= 0.6 is 0 Å². The van der Waals surface area contributed by atoms with E-state index in [2.05, 4.69) is 10.6 Å². The van der Waals surface area contributed by atoms with Crippen molar-refractivity contribution >= 4 is 5.91 Å². The smallest absolute Gasteiger partial charge is 0.242 e. The summed E-state index contributed by atoms with van der Waals surface area (Å²) < 4.78 is 0. The van der Waals surface area contributed by atoms with Crippen LogP contribution in [0.4, 0.5) is 0 Å². The second kappa shape index (κ2) is 2.95. The standard InChI is InChI=1S/C9H10N2O/c12-9-8(10-6-11-9)7-4-2-1-3-5-7/h1-5,8,10H,6H2,(H,11,12). The number of amides is 1. The molecule has 2 rings (SSSR count). The second-order valence-corrected chi connectivity index (χ2v) is 2.77. The Bertz CT molecular complexity index is 284. The zero-order valence-electron chi connectivity index (χ0n) is 6.58. The zero-order chi connectivity index (χ0) is 8.39. The first-order valence-corrected chi connectivity index (χ1v) is 3.94. The van der Waals surface area contributed by atoms with E-state index in [1.807, 2.05) is 30.3 Å². The van der Waals surface area contributed by atoms with E-state index >= 15 is 0 Å². The highest BCUT2D eigenvalue weighted by atomic mass is 16.2. The first kappa shape index (κ1) is 7.31. The summed E-state index contributed by atoms with van der Waals surface area (Å²) in [4.78, 5) is 11.2. The van der Waals surface area contributed by atoms with Crippen molar-refractivity contribution in [2.24, 2.45) is 0 Å². The molecule has 1 heterocycles. The molecule has 0 saturated carbocycles. The fourth-order valence-electron chi connectivity index (χ4n) is 1.35. The summed E-state index contributed by atoms with van der Waals surface area (Å²) in [5.74, 6) is 0.0567. The topological polar surface area (TPSA) is 41.1 Å². The highest BCUT2D eigenvalue weighted by molar-refractivity contribution is 5.84. The van der Waals surface area contributed by atoms with Crippen LogP contribution in [0.1, 0.15) is 11.6 Å². The Hall–Kier alpha value is -1.35. The Morgan fingerprint density at radius 3 is 2.58 bits per heavy atom. The molecule has 0 aromatic heterocycles. The predicted octanol–water partition coefficient (Wildman–Crippen LogP) is 0.405. The van der Waals surface area contributed by atoms with E-state index in [1.54, 1.807) is 0 Å². The van der Waals surface area contributed by atoms with Crippen molar-refractivity contribution in [2.45, 2.75) is 6.04 Å². The number of rotatable bonds is 1. The number of nitrogens with one attached hydrogen (secondary N) is 2. The van der Waals surface area contributed by atoms with Gasteiger partial charge >= 0.3 is 0 Å². The lowest BCUT2D eigenvalue weighted by molar-refractivity contribution is -0.120. The van der Waals surface area contributed by atoms with Crippen LogP contribution in [0.3, 0.4) is 0 Å². The molecule has 3 heteroatoms. The molecule has 1 atom stereocenters. The van der Waals surface area contributed by atoms with Gasteiger partial charge in [-0.05, 0) is 5.56 Å². The Kier molecular flexibility index (Phi) is 1.80. The molecule has 1 fully saturated rings. The molecule has 1 aromatic rings. The van der Waals surface area contributed by atoms with Crippen molar-refractivity contribution in [1.29, 1.82) is 0 Å². The number of carbonyl (C=O) groups is 1. The lowest BCUT2D eigenvalue weighted by Crippen LogP contribution is -2.18. The maximum atomic E-state index is 11.2. The van der Waals surface area contributed by atoms with Gasteiger partial charge in [-0.2, -0.15) is 0 Å². The largest absolute Gasteiger partial charge is 0.342 e. The number of carbonyl (C=O) groups excluding carboxylic acids is 1. The molecule has 12 heavy (non-hydrogen) atoms. The third-order valence-corrected chi connectivity index (χ3v) is 1.96. The second-order valence-electron chi connectivity index (χ2n) is 2.77. The predicted molar refractivity (Wildman–Crippen MR) is 45.3 cm³/mol. The Balaban J connectivity index is 2.25. The van der Waals surface area contributed by atoms with Gasteiger partial charge in [0.15, 0.2) is 0 Å². The quantitative estimate of drug-likeness (QED) is 0.627. The van der Waals surface area contributed by atoms with Gasteiger partial charge in [-0.15, -0.1) is 0 Å². The van der Waals surface area contributed by atoms with E-state index in [0.717, 1.165) is 5.56 Å². The van der Waals surface area contributed by atoms with Gasteiger partial charge in [-0.25, -0.2) is 0 Å². The Morgan fingerprint density at radius 1 is 1.25 bits per heavy atom. The normalized spacial score (nSPS) is 22.3. The summed E-state index contributed by atoms with van der Waals surface area (Å²) in [7, 11) is 0. The maximum Gasteiger partial charge on any atom is 0.242 e. The summed E-state index contributed by atoms with van der Waals surface area (Å²) in [6, 6.07) is 9.54. The first-order chi connectivity index (χ1) is 5.88. The number of benzene rings is 1. The summed E-state index contributed by atoms with van der Waals surface area (Å²) in [5, 5.41) is 5.78. The molecule has 62 valence electrons. The molecule has 0 bridgehead atoms. The average Bonchev–Trinajstić information content (AvgIpc) is 2.53. The zero-order valence-corrected chi connectivity index (χ0v) is 6.58. The minimum Gasteiger partial charge on any atom is -0.342 e. The third kappa shape index (κ3) is 1.19. The average molecular weight is 162 g/mol. The van der Waals surface area contributed by atoms with Crippen molar-refractivity contribution < 1.29 is 4.79 Å². The molecule has 1 aliphatic rings. The van der Waals surface area contributed by atoms with Gasteiger partial charge in [-0.1, -0.05) is 30.3 Å². The molecule has 1 amide bonds. The van der Waals surface area contributed by atoms with E-state index in [9.17, 15) is 4.79 Å². The SMILES string of the molecule is O=C1NCNC1c1ccccc1. The molecule has 3 nitrogen and oxygen atoms in total. The van der Waals surface area contributed by atoms with Crippen LogP contribution < -0.4 is 10.6 Å². The molecule has 1 saturated heterocycles.